The molecule has 0 aliphatic rings. The number of phosphoric acid groups is 2. The van der Waals surface area contributed by atoms with Gasteiger partial charge in [0.1, 0.15) is 25.4 Å². The first-order valence-corrected chi connectivity index (χ1v) is 44.8. The van der Waals surface area contributed by atoms with E-state index in [2.05, 4.69) is 179 Å². The Morgan fingerprint density at radius 2 is 0.495 bits per heavy atom. The molecule has 4 N–H and O–H groups in total. The van der Waals surface area contributed by atoms with Crippen molar-refractivity contribution in [1.82, 2.24) is 0 Å². The summed E-state index contributed by atoms with van der Waals surface area (Å²) >= 11 is 0. The molecule has 0 saturated carbocycles. The molecular weight excluding hydrogens is 1390 g/mol. The molecule has 612 valence electrons. The lowest BCUT2D eigenvalue weighted by atomic mass is 10.1. The molecule has 0 aromatic carbocycles. The zero-order chi connectivity index (χ0) is 78.0. The quantitative estimate of drug-likeness (QED) is 0.0146. The van der Waals surface area contributed by atoms with Crippen LogP contribution in [0.5, 0.6) is 0 Å². The van der Waals surface area contributed by atoms with Crippen LogP contribution in [0.25, 0.3) is 0 Å². The number of allylic oxidation sites excluding steroid dienone is 26. The van der Waals surface area contributed by atoms with Crippen molar-refractivity contribution in [3.8, 4) is 0 Å². The molecule has 0 fully saturated rings. The van der Waals surface area contributed by atoms with Crippen molar-refractivity contribution in [3.63, 3.8) is 0 Å². The number of rotatable bonds is 78. The summed E-state index contributed by atoms with van der Waals surface area (Å²) in [6, 6.07) is 0. The highest BCUT2D eigenvalue weighted by molar-refractivity contribution is 7.47. The number of phosphoric ester groups is 2. The highest BCUT2D eigenvalue weighted by Crippen LogP contribution is 2.45. The molecule has 5 atom stereocenters. The molecule has 16 nitrogen and oxygen atoms in total. The maximum Gasteiger partial charge on any atom is 0.472 e. The van der Waals surface area contributed by atoms with Gasteiger partial charge in [-0.25, -0.2) is 9.13 Å². The lowest BCUT2D eigenvalue weighted by molar-refractivity contribution is -0.161. The minimum Gasteiger partial charge on any atom is -0.463 e. The molecular formula is C89H150O16P2. The van der Waals surface area contributed by atoms with Crippen molar-refractivity contribution < 1.29 is 75.8 Å². The predicted molar refractivity (Wildman–Crippen MR) is 445 cm³/mol. The molecule has 0 aromatic rings. The number of hydrogen-bond donors (Lipinski definition) is 4. The summed E-state index contributed by atoms with van der Waals surface area (Å²) in [6.07, 6.45) is 101. The van der Waals surface area contributed by atoms with Gasteiger partial charge >= 0.3 is 33.6 Å². The van der Waals surface area contributed by atoms with Crippen LogP contribution in [-0.2, 0) is 55.8 Å². The number of unbranched alkanes of at least 4 members (excludes halogenated alkanes) is 29. The second kappa shape index (κ2) is 80.7. The van der Waals surface area contributed by atoms with Gasteiger partial charge in [0, 0.05) is 19.3 Å². The third kappa shape index (κ3) is 82.0. The molecule has 0 aliphatic carbocycles. The zero-order valence-corrected chi connectivity index (χ0v) is 68.8. The Morgan fingerprint density at radius 3 is 0.785 bits per heavy atom. The van der Waals surface area contributed by atoms with Crippen molar-refractivity contribution in [2.75, 3.05) is 39.6 Å². The number of aliphatic hydroxyl groups excluding tert-OH is 2. The van der Waals surface area contributed by atoms with Crippen LogP contribution in [0.2, 0.25) is 0 Å². The monoisotopic (exact) mass is 1540 g/mol. The van der Waals surface area contributed by atoms with E-state index in [1.165, 1.54) is 103 Å². The summed E-state index contributed by atoms with van der Waals surface area (Å²) in [7, 11) is -9.82. The molecule has 0 heterocycles. The molecule has 107 heavy (non-hydrogen) atoms. The summed E-state index contributed by atoms with van der Waals surface area (Å²) in [5.74, 6) is -1.61. The Hall–Kier alpha value is -4.83. The number of carbonyl (C=O) groups excluding carboxylic acids is 3. The summed E-state index contributed by atoms with van der Waals surface area (Å²) in [5.41, 5.74) is 0. The molecule has 0 rings (SSSR count). The van der Waals surface area contributed by atoms with Gasteiger partial charge < -0.3 is 34.2 Å². The van der Waals surface area contributed by atoms with Gasteiger partial charge in [-0.2, -0.15) is 0 Å². The van der Waals surface area contributed by atoms with E-state index >= 15 is 0 Å². The van der Waals surface area contributed by atoms with Gasteiger partial charge in [-0.3, -0.25) is 32.5 Å². The van der Waals surface area contributed by atoms with Crippen LogP contribution >= 0.6 is 15.6 Å². The van der Waals surface area contributed by atoms with Crippen LogP contribution in [0, 0.1) is 0 Å². The summed E-state index contributed by atoms with van der Waals surface area (Å²) in [6.45, 7) is 2.49. The standard InChI is InChI=1S/C89H150O16P2/c1-4-7-10-13-16-19-22-25-28-31-34-37-39-41-43-46-48-51-54-57-60-63-66-69-72-75-87(92)99-78-84(90)79-101-106(95,96)102-80-85(91)81-103-107(97,98)104-83-86(105-89(94)77-74-71-68-65-62-59-56-53-50-45-36-33-30-27-24-21-18-15-12-9-6-3)82-100-88(93)76-73-70-67-64-61-58-55-52-49-47-44-42-40-38-35-32-29-26-23-20-17-14-11-8-5-2/h9,12,16-21,25-30,34-38,41-45,53,56,84-86,90-91H,4-8,10-11,13-15,22-24,31-33,39-40,46-52,54-55,57-83H2,1-3H3,(H,95,96)(H,97,98)/b12-9-,19-16-,20-17-,21-18-,28-25-,29-26-,30-27-,37-34-,38-35-,43-41-,44-42-,45-36-,56-53-. The fourth-order valence-corrected chi connectivity index (χ4v) is 12.4. The number of aliphatic hydroxyl groups is 2. The Balaban J connectivity index is 4.71. The van der Waals surface area contributed by atoms with Crippen molar-refractivity contribution in [2.24, 2.45) is 0 Å². The van der Waals surface area contributed by atoms with E-state index in [-0.39, 0.29) is 19.3 Å². The highest BCUT2D eigenvalue weighted by atomic mass is 31.2. The van der Waals surface area contributed by atoms with E-state index in [0.717, 1.165) is 167 Å². The van der Waals surface area contributed by atoms with Crippen LogP contribution in [0.3, 0.4) is 0 Å². The minimum atomic E-state index is -4.95. The van der Waals surface area contributed by atoms with E-state index in [9.17, 15) is 43.5 Å². The number of hydrogen-bond acceptors (Lipinski definition) is 14. The maximum absolute atomic E-state index is 13.0. The van der Waals surface area contributed by atoms with Crippen LogP contribution in [0.1, 0.15) is 329 Å². The average molecular weight is 1540 g/mol. The van der Waals surface area contributed by atoms with Crippen LogP contribution in [0.15, 0.2) is 158 Å². The first-order chi connectivity index (χ1) is 52.2. The van der Waals surface area contributed by atoms with Crippen LogP contribution in [-0.4, -0.2) is 95.9 Å². The lowest BCUT2D eigenvalue weighted by Crippen LogP contribution is -2.30. The van der Waals surface area contributed by atoms with Gasteiger partial charge in [0.2, 0.25) is 0 Å². The molecule has 0 aliphatic heterocycles. The van der Waals surface area contributed by atoms with Crippen molar-refractivity contribution in [2.45, 2.75) is 347 Å². The average Bonchev–Trinajstić information content (AvgIpc) is 0.989. The van der Waals surface area contributed by atoms with E-state index in [1.54, 1.807) is 0 Å². The smallest absolute Gasteiger partial charge is 0.463 e. The van der Waals surface area contributed by atoms with E-state index in [1.807, 2.05) is 0 Å². The summed E-state index contributed by atoms with van der Waals surface area (Å²) in [5, 5.41) is 20.7. The van der Waals surface area contributed by atoms with Crippen LogP contribution in [0.4, 0.5) is 0 Å². The van der Waals surface area contributed by atoms with E-state index < -0.39 is 91.5 Å². The van der Waals surface area contributed by atoms with Gasteiger partial charge in [-0.1, -0.05) is 314 Å². The first-order valence-electron chi connectivity index (χ1n) is 41.8. The molecule has 0 amide bonds. The Labute approximate surface area is 650 Å². The number of ether oxygens (including phenoxy) is 3. The molecule has 18 heteroatoms. The Kier molecular flexibility index (Phi) is 77.0. The first kappa shape index (κ1) is 102. The second-order valence-corrected chi connectivity index (χ2v) is 30.4. The van der Waals surface area contributed by atoms with Gasteiger partial charge in [0.15, 0.2) is 6.10 Å². The van der Waals surface area contributed by atoms with E-state index in [4.69, 9.17) is 32.3 Å². The molecule has 5 unspecified atom stereocenters. The van der Waals surface area contributed by atoms with Crippen molar-refractivity contribution >= 4 is 33.6 Å². The van der Waals surface area contributed by atoms with Gasteiger partial charge in [0.05, 0.1) is 26.4 Å². The third-order valence-corrected chi connectivity index (χ3v) is 19.1. The predicted octanol–water partition coefficient (Wildman–Crippen LogP) is 25.0. The SMILES string of the molecule is CC/C=C\C/C=C\C/C=C\C/C=C\C/C=C\CCCCCCCC(=O)OC(COC(=O)CCCCCCCCCCC/C=C\C/C=C\C/C=C\C/C=C\CCCCC)COP(=O)(O)OCC(O)COP(=O)(O)OCC(O)COC(=O)CCCCCCCCCCC/C=C\C/C=C\C/C=C\C/C=C\CCCCC. The largest absolute Gasteiger partial charge is 0.472 e. The lowest BCUT2D eigenvalue weighted by Gasteiger charge is -2.21. The fourth-order valence-electron chi connectivity index (χ4n) is 10.9. The molecule has 0 saturated heterocycles. The van der Waals surface area contributed by atoms with Crippen LogP contribution < -0.4 is 0 Å². The van der Waals surface area contributed by atoms with Crippen molar-refractivity contribution in [3.05, 3.63) is 158 Å². The summed E-state index contributed by atoms with van der Waals surface area (Å²) < 4.78 is 61.3. The maximum atomic E-state index is 13.0. The Morgan fingerprint density at radius 1 is 0.271 bits per heavy atom. The fraction of sp³-hybridized carbons (Fsp3) is 0.674. The topological polar surface area (TPSA) is 231 Å². The third-order valence-electron chi connectivity index (χ3n) is 17.2. The number of carbonyl (C=O) groups is 3. The zero-order valence-electron chi connectivity index (χ0n) is 67.0. The number of esters is 3. The Bertz CT molecular complexity index is 2580. The van der Waals surface area contributed by atoms with Gasteiger partial charge in [-0.05, 0) is 154 Å². The summed E-state index contributed by atoms with van der Waals surface area (Å²) in [4.78, 5) is 58.8. The van der Waals surface area contributed by atoms with E-state index in [0.29, 0.717) is 19.3 Å². The molecule has 0 aromatic heterocycles. The minimum absolute atomic E-state index is 0.0756. The second-order valence-electron chi connectivity index (χ2n) is 27.5. The molecule has 0 radical (unpaired) electrons. The molecule has 0 bridgehead atoms. The van der Waals surface area contributed by atoms with Gasteiger partial charge in [-0.15, -0.1) is 0 Å². The highest BCUT2D eigenvalue weighted by Gasteiger charge is 2.29. The molecule has 0 spiro atoms. The normalized spacial score (nSPS) is 14.7. The van der Waals surface area contributed by atoms with Crippen molar-refractivity contribution in [1.29, 1.82) is 0 Å². The van der Waals surface area contributed by atoms with Gasteiger partial charge in [0.25, 0.3) is 0 Å².